The highest BCUT2D eigenvalue weighted by Gasteiger charge is 2.29. The van der Waals surface area contributed by atoms with Crippen molar-refractivity contribution in [3.63, 3.8) is 0 Å². The fourth-order valence-electron chi connectivity index (χ4n) is 5.09. The first-order valence-electron chi connectivity index (χ1n) is 12.9. The van der Waals surface area contributed by atoms with Gasteiger partial charge in [0, 0.05) is 43.7 Å². The van der Waals surface area contributed by atoms with Crippen LogP contribution in [0, 0.1) is 5.92 Å². The summed E-state index contributed by atoms with van der Waals surface area (Å²) in [5, 5.41) is 0.683. The molecule has 198 valence electrons. The van der Waals surface area contributed by atoms with E-state index in [4.69, 9.17) is 16.3 Å². The van der Waals surface area contributed by atoms with Crippen molar-refractivity contribution >= 4 is 34.5 Å². The van der Waals surface area contributed by atoms with Gasteiger partial charge >= 0.3 is 11.8 Å². The number of amides is 1. The summed E-state index contributed by atoms with van der Waals surface area (Å²) in [6.45, 7) is 6.56. The Kier molecular flexibility index (Phi) is 7.83. The van der Waals surface area contributed by atoms with Crippen molar-refractivity contribution < 1.29 is 14.3 Å². The Balaban J connectivity index is 1.43. The molecule has 0 spiro atoms. The van der Waals surface area contributed by atoms with Crippen molar-refractivity contribution in [1.82, 2.24) is 14.0 Å². The number of aromatic nitrogens is 2. The Bertz CT molecular complexity index is 1380. The summed E-state index contributed by atoms with van der Waals surface area (Å²) in [6.07, 6.45) is 3.22. The van der Waals surface area contributed by atoms with Crippen LogP contribution in [0.25, 0.3) is 11.0 Å². The van der Waals surface area contributed by atoms with Gasteiger partial charge in [-0.2, -0.15) is 0 Å². The topological polar surface area (TPSA) is 73.5 Å². The lowest BCUT2D eigenvalue weighted by molar-refractivity contribution is 0.0247. The van der Waals surface area contributed by atoms with Crippen molar-refractivity contribution in [2.24, 2.45) is 20.0 Å². The minimum absolute atomic E-state index is 0.0969. The van der Waals surface area contributed by atoms with E-state index in [2.05, 4.69) is 0 Å². The van der Waals surface area contributed by atoms with Crippen LogP contribution >= 0.6 is 11.6 Å². The minimum Gasteiger partial charge on any atom is -0.444 e. The second-order valence-corrected chi connectivity index (χ2v) is 11.4. The molecule has 1 aliphatic rings. The van der Waals surface area contributed by atoms with Crippen LogP contribution in [0.1, 0.15) is 61.5 Å². The molecule has 0 radical (unpaired) electrons. The average molecular weight is 526 g/mol. The van der Waals surface area contributed by atoms with Gasteiger partial charge in [-0.3, -0.25) is 13.9 Å². The van der Waals surface area contributed by atoms with E-state index >= 15 is 0 Å². The van der Waals surface area contributed by atoms with E-state index in [1.165, 1.54) is 0 Å². The Morgan fingerprint density at radius 2 is 1.76 bits per heavy atom. The van der Waals surface area contributed by atoms with Crippen LogP contribution in [0.4, 0.5) is 4.79 Å². The fourth-order valence-corrected chi connectivity index (χ4v) is 5.32. The van der Waals surface area contributed by atoms with Crippen molar-refractivity contribution in [2.45, 2.75) is 58.5 Å². The van der Waals surface area contributed by atoms with E-state index in [9.17, 15) is 14.4 Å². The maximum atomic E-state index is 13.4. The van der Waals surface area contributed by atoms with Crippen LogP contribution < -0.4 is 5.69 Å². The molecule has 8 heteroatoms. The Morgan fingerprint density at radius 3 is 2.43 bits per heavy atom. The SMILES string of the molecule is Cn1c(=O)n(C)c2cc3c(cc21)CCC(CCCN(CCc1ccccc1Cl)C(=O)OC(C)(C)C)C3=O. The predicted molar refractivity (Wildman–Crippen MR) is 146 cm³/mol. The summed E-state index contributed by atoms with van der Waals surface area (Å²) >= 11 is 6.32. The number of benzene rings is 2. The van der Waals surface area contributed by atoms with Crippen molar-refractivity contribution in [3.8, 4) is 0 Å². The quantitative estimate of drug-likeness (QED) is 0.406. The number of hydrogen-bond acceptors (Lipinski definition) is 4. The molecule has 1 amide bonds. The van der Waals surface area contributed by atoms with Gasteiger partial charge in [0.05, 0.1) is 11.0 Å². The fraction of sp³-hybridized carbons (Fsp3) is 0.483. The number of fused-ring (bicyclic) bond motifs is 2. The van der Waals surface area contributed by atoms with E-state index in [1.54, 1.807) is 28.1 Å². The summed E-state index contributed by atoms with van der Waals surface area (Å²) in [7, 11) is 3.49. The van der Waals surface area contributed by atoms with Crippen molar-refractivity contribution in [1.29, 1.82) is 0 Å². The van der Waals surface area contributed by atoms with E-state index in [1.807, 2.05) is 57.2 Å². The molecular formula is C29H36ClN3O4. The second kappa shape index (κ2) is 10.7. The summed E-state index contributed by atoms with van der Waals surface area (Å²) in [5.41, 5.74) is 3.64. The molecule has 2 aromatic carbocycles. The smallest absolute Gasteiger partial charge is 0.410 e. The molecule has 4 rings (SSSR count). The zero-order valence-electron chi connectivity index (χ0n) is 22.3. The molecule has 0 fully saturated rings. The Hall–Kier alpha value is -3.06. The number of imidazole rings is 1. The summed E-state index contributed by atoms with van der Waals surface area (Å²) in [4.78, 5) is 40.4. The number of hydrogen-bond donors (Lipinski definition) is 0. The molecule has 0 N–H and O–H groups in total. The third kappa shape index (κ3) is 5.93. The van der Waals surface area contributed by atoms with E-state index in [-0.39, 0.29) is 23.5 Å². The molecule has 0 bridgehead atoms. The number of nitrogens with zero attached hydrogens (tertiary/aromatic N) is 3. The monoisotopic (exact) mass is 525 g/mol. The maximum Gasteiger partial charge on any atom is 0.410 e. The lowest BCUT2D eigenvalue weighted by Gasteiger charge is -2.28. The first-order chi connectivity index (χ1) is 17.5. The second-order valence-electron chi connectivity index (χ2n) is 10.9. The van der Waals surface area contributed by atoms with Gasteiger partial charge in [0.15, 0.2) is 5.78 Å². The first-order valence-corrected chi connectivity index (χ1v) is 13.3. The highest BCUT2D eigenvalue weighted by atomic mass is 35.5. The van der Waals surface area contributed by atoms with Crippen LogP contribution in [0.5, 0.6) is 0 Å². The predicted octanol–water partition coefficient (Wildman–Crippen LogP) is 5.54. The highest BCUT2D eigenvalue weighted by molar-refractivity contribution is 6.31. The number of carbonyl (C=O) groups excluding carboxylic acids is 2. The van der Waals surface area contributed by atoms with Gasteiger partial charge in [0.2, 0.25) is 0 Å². The lowest BCUT2D eigenvalue weighted by Crippen LogP contribution is -2.39. The molecule has 1 aromatic heterocycles. The van der Waals surface area contributed by atoms with Crippen molar-refractivity contribution in [2.75, 3.05) is 13.1 Å². The van der Waals surface area contributed by atoms with Crippen molar-refractivity contribution in [3.05, 3.63) is 68.6 Å². The van der Waals surface area contributed by atoms with Crippen LogP contribution in [0.15, 0.2) is 41.2 Å². The molecule has 1 unspecified atom stereocenters. The number of rotatable bonds is 7. The molecule has 0 aliphatic heterocycles. The molecular weight excluding hydrogens is 490 g/mol. The van der Waals surface area contributed by atoms with Gasteiger partial charge in [0.25, 0.3) is 0 Å². The number of halogens is 1. The van der Waals surface area contributed by atoms with Gasteiger partial charge in [-0.15, -0.1) is 0 Å². The largest absolute Gasteiger partial charge is 0.444 e. The van der Waals surface area contributed by atoms with Crippen LogP contribution in [-0.4, -0.2) is 44.6 Å². The molecule has 7 nitrogen and oxygen atoms in total. The summed E-state index contributed by atoms with van der Waals surface area (Å²) in [5.74, 6) is 0.0223. The van der Waals surface area contributed by atoms with Gasteiger partial charge < -0.3 is 9.64 Å². The summed E-state index contributed by atoms with van der Waals surface area (Å²) in [6, 6.07) is 11.5. The molecule has 1 atom stereocenters. The van der Waals surface area contributed by atoms with Crippen LogP contribution in [-0.2, 0) is 31.7 Å². The minimum atomic E-state index is -0.592. The van der Waals surface area contributed by atoms with Gasteiger partial charge in [-0.1, -0.05) is 29.8 Å². The molecule has 37 heavy (non-hydrogen) atoms. The lowest BCUT2D eigenvalue weighted by atomic mass is 9.80. The zero-order valence-corrected chi connectivity index (χ0v) is 23.1. The third-order valence-electron chi connectivity index (χ3n) is 7.14. The highest BCUT2D eigenvalue weighted by Crippen LogP contribution is 2.31. The molecule has 1 aliphatic carbocycles. The third-order valence-corrected chi connectivity index (χ3v) is 7.51. The van der Waals surface area contributed by atoms with Gasteiger partial charge in [0.1, 0.15) is 5.60 Å². The normalized spacial score (nSPS) is 15.6. The maximum absolute atomic E-state index is 13.4. The molecule has 0 saturated carbocycles. The molecule has 1 heterocycles. The van der Waals surface area contributed by atoms with Crippen LogP contribution in [0.2, 0.25) is 5.02 Å². The molecule has 0 saturated heterocycles. The number of ketones is 1. The standard InChI is InChI=1S/C29H36ClN3O4/c1-29(2,3)37-28(36)33(16-14-19-9-6-7-11-23(19)30)15-8-10-20-12-13-21-17-24-25(18-22(21)26(20)34)32(5)27(35)31(24)4/h6-7,9,11,17-18,20H,8,10,12-16H2,1-5H3. The molecule has 3 aromatic rings. The Morgan fingerprint density at radius 1 is 1.08 bits per heavy atom. The van der Waals surface area contributed by atoms with Crippen LogP contribution in [0.3, 0.4) is 0 Å². The van der Waals surface area contributed by atoms with E-state index in [0.29, 0.717) is 42.9 Å². The van der Waals surface area contributed by atoms with Gasteiger partial charge in [-0.25, -0.2) is 9.59 Å². The van der Waals surface area contributed by atoms with E-state index in [0.717, 1.165) is 35.0 Å². The average Bonchev–Trinajstić information content (AvgIpc) is 3.05. The number of carbonyl (C=O) groups is 2. The summed E-state index contributed by atoms with van der Waals surface area (Å²) < 4.78 is 8.86. The Labute approximate surface area is 223 Å². The van der Waals surface area contributed by atoms with Gasteiger partial charge in [-0.05, 0) is 82.2 Å². The first kappa shape index (κ1) is 27.0. The number of ether oxygens (including phenoxy) is 1. The van der Waals surface area contributed by atoms with E-state index < -0.39 is 5.60 Å². The number of aryl methyl sites for hydroxylation is 3. The zero-order chi connectivity index (χ0) is 26.9. The number of Topliss-reactive ketones (excluding diaryl/α,β-unsaturated/α-hetero) is 1.